The maximum absolute atomic E-state index is 13.1. The number of benzene rings is 1. The van der Waals surface area contributed by atoms with Crippen LogP contribution in [-0.4, -0.2) is 67.5 Å². The Morgan fingerprint density at radius 1 is 0.971 bits per heavy atom. The summed E-state index contributed by atoms with van der Waals surface area (Å²) in [5, 5.41) is 21.1. The minimum atomic E-state index is -1.46. The van der Waals surface area contributed by atoms with Crippen molar-refractivity contribution in [2.24, 2.45) is 5.92 Å². The maximum Gasteiger partial charge on any atom is 0.426 e. The zero-order valence-electron chi connectivity index (χ0n) is 19.2. The highest BCUT2D eigenvalue weighted by Crippen LogP contribution is 2.21. The lowest BCUT2D eigenvalue weighted by atomic mass is 10.0. The third-order valence-corrected chi connectivity index (χ3v) is 5.37. The van der Waals surface area contributed by atoms with Crippen LogP contribution >= 0.6 is 0 Å². The number of amides is 4. The standard InChI is InChI=1S/C23H30N4O7/c1-15(2)21(22(31)32)27(26(23(33)34)14-16-7-9-17(24)10-8-16)20(30)6-4-3-5-13-25-18(28)11-12-19(25)29/h7-12,15,21H,3-6,13-14,24H2,1-2H3,(H,31,32)(H,33,34)/t21-/m0/s1. The molecule has 11 heteroatoms. The summed E-state index contributed by atoms with van der Waals surface area (Å²) in [6, 6.07) is 5.00. The predicted octanol–water partition coefficient (Wildman–Crippen LogP) is 2.09. The first-order valence-electron chi connectivity index (χ1n) is 11.0. The van der Waals surface area contributed by atoms with Gasteiger partial charge in [-0.3, -0.25) is 19.3 Å². The van der Waals surface area contributed by atoms with Crippen molar-refractivity contribution >= 4 is 35.5 Å². The number of nitrogen functional groups attached to an aromatic ring is 1. The Labute approximate surface area is 197 Å². The van der Waals surface area contributed by atoms with E-state index in [1.54, 1.807) is 38.1 Å². The monoisotopic (exact) mass is 474 g/mol. The van der Waals surface area contributed by atoms with Crippen molar-refractivity contribution in [1.82, 2.24) is 14.9 Å². The molecule has 11 nitrogen and oxygen atoms in total. The Bertz CT molecular complexity index is 941. The van der Waals surface area contributed by atoms with E-state index in [2.05, 4.69) is 0 Å². The van der Waals surface area contributed by atoms with Crippen LogP contribution in [0.25, 0.3) is 0 Å². The van der Waals surface area contributed by atoms with Crippen LogP contribution in [0.4, 0.5) is 10.5 Å². The van der Waals surface area contributed by atoms with Gasteiger partial charge in [-0.05, 0) is 36.5 Å². The second-order valence-electron chi connectivity index (χ2n) is 8.32. The van der Waals surface area contributed by atoms with Gasteiger partial charge < -0.3 is 15.9 Å². The SMILES string of the molecule is CC(C)[C@@H](C(=O)O)N(C(=O)CCCCCN1C(=O)C=CC1=O)N(Cc1ccc(N)cc1)C(=O)O. The number of carboxylic acids is 1. The molecule has 1 aliphatic heterocycles. The van der Waals surface area contributed by atoms with Gasteiger partial charge in [-0.15, -0.1) is 0 Å². The van der Waals surface area contributed by atoms with E-state index in [4.69, 9.17) is 5.73 Å². The molecule has 0 aromatic heterocycles. The van der Waals surface area contributed by atoms with Crippen LogP contribution in [0.3, 0.4) is 0 Å². The second-order valence-corrected chi connectivity index (χ2v) is 8.32. The summed E-state index contributed by atoms with van der Waals surface area (Å²) in [6.07, 6.45) is 2.12. The number of hydrogen-bond acceptors (Lipinski definition) is 6. The topological polar surface area (TPSA) is 162 Å². The van der Waals surface area contributed by atoms with Gasteiger partial charge in [0, 0.05) is 30.8 Å². The molecule has 1 atom stereocenters. The number of hydrazine groups is 1. The quantitative estimate of drug-likeness (QED) is 0.190. The number of unbranched alkanes of at least 4 members (excludes halogenated alkanes) is 2. The van der Waals surface area contributed by atoms with Crippen LogP contribution in [0, 0.1) is 5.92 Å². The summed E-state index contributed by atoms with van der Waals surface area (Å²) in [5.41, 5.74) is 6.69. The molecule has 0 aliphatic carbocycles. The highest BCUT2D eigenvalue weighted by atomic mass is 16.4. The van der Waals surface area contributed by atoms with Crippen molar-refractivity contribution in [3.63, 3.8) is 0 Å². The third-order valence-electron chi connectivity index (χ3n) is 5.37. The van der Waals surface area contributed by atoms with Crippen molar-refractivity contribution in [3.8, 4) is 0 Å². The van der Waals surface area contributed by atoms with Gasteiger partial charge in [0.05, 0.1) is 6.54 Å². The Hall–Kier alpha value is -3.89. The molecule has 0 spiro atoms. The van der Waals surface area contributed by atoms with Crippen LogP contribution in [-0.2, 0) is 25.7 Å². The molecule has 184 valence electrons. The number of anilines is 1. The van der Waals surface area contributed by atoms with Crippen molar-refractivity contribution in [2.75, 3.05) is 12.3 Å². The maximum atomic E-state index is 13.1. The van der Waals surface area contributed by atoms with Crippen LogP contribution in [0.5, 0.6) is 0 Å². The van der Waals surface area contributed by atoms with Crippen LogP contribution in [0.15, 0.2) is 36.4 Å². The average molecular weight is 475 g/mol. The molecule has 0 saturated heterocycles. The van der Waals surface area contributed by atoms with Gasteiger partial charge in [0.1, 0.15) is 0 Å². The summed E-state index contributed by atoms with van der Waals surface area (Å²) in [7, 11) is 0. The van der Waals surface area contributed by atoms with Crippen LogP contribution in [0.1, 0.15) is 45.1 Å². The zero-order chi connectivity index (χ0) is 25.4. The molecule has 0 unspecified atom stereocenters. The first-order chi connectivity index (χ1) is 16.0. The lowest BCUT2D eigenvalue weighted by Gasteiger charge is -2.38. The second kappa shape index (κ2) is 11.8. The molecule has 0 saturated carbocycles. The normalized spacial score (nSPS) is 13.9. The largest absolute Gasteiger partial charge is 0.480 e. The molecule has 1 aliphatic rings. The smallest absolute Gasteiger partial charge is 0.426 e. The third kappa shape index (κ3) is 6.80. The number of carboxylic acid groups (broad SMARTS) is 2. The molecule has 0 fully saturated rings. The minimum Gasteiger partial charge on any atom is -0.480 e. The number of hydrogen-bond donors (Lipinski definition) is 3. The first kappa shape index (κ1) is 26.4. The summed E-state index contributed by atoms with van der Waals surface area (Å²) in [4.78, 5) is 61.5. The van der Waals surface area contributed by atoms with Gasteiger partial charge in [0.15, 0.2) is 6.04 Å². The molecule has 1 aromatic carbocycles. The van der Waals surface area contributed by atoms with E-state index in [1.165, 1.54) is 12.2 Å². The molecular formula is C23H30N4O7. The van der Waals surface area contributed by atoms with Crippen molar-refractivity contribution in [2.45, 2.75) is 52.1 Å². The molecule has 1 aromatic rings. The average Bonchev–Trinajstić information content (AvgIpc) is 3.08. The number of imide groups is 1. The van der Waals surface area contributed by atoms with E-state index in [1.807, 2.05) is 0 Å². The van der Waals surface area contributed by atoms with Crippen LogP contribution in [0.2, 0.25) is 0 Å². The number of nitrogens with two attached hydrogens (primary N) is 1. The van der Waals surface area contributed by atoms with Gasteiger partial charge in [-0.25, -0.2) is 19.6 Å². The van der Waals surface area contributed by atoms with E-state index in [0.29, 0.717) is 30.5 Å². The Morgan fingerprint density at radius 3 is 2.06 bits per heavy atom. The molecule has 4 amide bonds. The number of aliphatic carboxylic acids is 1. The van der Waals surface area contributed by atoms with E-state index >= 15 is 0 Å². The highest BCUT2D eigenvalue weighted by Gasteiger charge is 2.38. The van der Waals surface area contributed by atoms with Crippen LogP contribution < -0.4 is 5.73 Å². The van der Waals surface area contributed by atoms with E-state index < -0.39 is 29.9 Å². The van der Waals surface area contributed by atoms with E-state index in [9.17, 15) is 34.2 Å². The first-order valence-corrected chi connectivity index (χ1v) is 11.0. The number of carbonyl (C=O) groups is 5. The fourth-order valence-corrected chi connectivity index (χ4v) is 3.63. The van der Waals surface area contributed by atoms with Gasteiger partial charge in [-0.1, -0.05) is 32.4 Å². The van der Waals surface area contributed by atoms with Gasteiger partial charge in [0.25, 0.3) is 11.8 Å². The van der Waals surface area contributed by atoms with Gasteiger partial charge >= 0.3 is 12.1 Å². The van der Waals surface area contributed by atoms with Crippen molar-refractivity contribution in [3.05, 3.63) is 42.0 Å². The Morgan fingerprint density at radius 2 is 1.56 bits per heavy atom. The summed E-state index contributed by atoms with van der Waals surface area (Å²) in [5.74, 6) is -3.28. The molecule has 0 radical (unpaired) electrons. The minimum absolute atomic E-state index is 0.0951. The van der Waals surface area contributed by atoms with Crippen molar-refractivity contribution in [1.29, 1.82) is 0 Å². The number of rotatable bonds is 11. The molecular weight excluding hydrogens is 444 g/mol. The van der Waals surface area contributed by atoms with E-state index in [0.717, 1.165) is 14.9 Å². The summed E-state index contributed by atoms with van der Waals surface area (Å²) in [6.45, 7) is 3.18. The predicted molar refractivity (Wildman–Crippen MR) is 122 cm³/mol. The molecule has 2 rings (SSSR count). The number of carbonyl (C=O) groups excluding carboxylic acids is 3. The molecule has 4 N–H and O–H groups in total. The summed E-state index contributed by atoms with van der Waals surface area (Å²) < 4.78 is 0. The Balaban J connectivity index is 2.11. The number of nitrogens with zero attached hydrogens (tertiary/aromatic N) is 3. The summed E-state index contributed by atoms with van der Waals surface area (Å²) >= 11 is 0. The molecule has 1 heterocycles. The fraction of sp³-hybridized carbons (Fsp3) is 0.435. The lowest BCUT2D eigenvalue weighted by Crippen LogP contribution is -2.58. The molecule has 34 heavy (non-hydrogen) atoms. The van der Waals surface area contributed by atoms with Gasteiger partial charge in [0.2, 0.25) is 5.91 Å². The Kier molecular flexibility index (Phi) is 9.17. The zero-order valence-corrected chi connectivity index (χ0v) is 19.2. The van der Waals surface area contributed by atoms with E-state index in [-0.39, 0.29) is 31.3 Å². The van der Waals surface area contributed by atoms with Gasteiger partial charge in [-0.2, -0.15) is 0 Å². The lowest BCUT2D eigenvalue weighted by molar-refractivity contribution is -0.169. The highest BCUT2D eigenvalue weighted by molar-refractivity contribution is 6.12. The fourth-order valence-electron chi connectivity index (χ4n) is 3.63. The van der Waals surface area contributed by atoms with Crippen molar-refractivity contribution < 1.29 is 34.2 Å². The molecule has 0 bridgehead atoms.